The van der Waals surface area contributed by atoms with Gasteiger partial charge in [0.15, 0.2) is 0 Å². The Morgan fingerprint density at radius 2 is 2.67 bits per heavy atom. The maximum Gasteiger partial charge on any atom is 0.367 e. The second-order valence-electron chi connectivity index (χ2n) is 0.986. The van der Waals surface area contributed by atoms with Gasteiger partial charge in [0.2, 0.25) is 0 Å². The van der Waals surface area contributed by atoms with Gasteiger partial charge in [0.05, 0.1) is 6.26 Å². The van der Waals surface area contributed by atoms with E-state index in [1.54, 1.807) is 6.26 Å². The summed E-state index contributed by atoms with van der Waals surface area (Å²) >= 11 is 0. The first-order valence-electron chi connectivity index (χ1n) is 1.80. The Hall–Kier alpha value is -0.308. The minimum Gasteiger partial charge on any atom is -0.568 e. The molecule has 0 amide bonds. The Bertz CT molecular complexity index is 76.8. The van der Waals surface area contributed by atoms with Crippen LogP contribution in [0.4, 0.5) is 0 Å². The van der Waals surface area contributed by atoms with Gasteiger partial charge in [-0.1, -0.05) is 5.67 Å². The first-order chi connectivity index (χ1) is 3.00. The Balaban J connectivity index is 2.46. The molecule has 0 spiro atoms. The first kappa shape index (κ1) is 3.87. The van der Waals surface area contributed by atoms with E-state index in [-0.39, 0.29) is 0 Å². The van der Waals surface area contributed by atoms with Gasteiger partial charge in [0, 0.05) is 9.00 Å². The number of hydrogen-bond donors (Lipinski definition) is 0. The Morgan fingerprint density at radius 3 is 2.83 bits per heavy atom. The summed E-state index contributed by atoms with van der Waals surface area (Å²) in [6.45, 7) is 0. The van der Waals surface area contributed by atoms with Gasteiger partial charge in [-0.05, 0) is 6.08 Å². The SMILES string of the molecule is [B]1OC=CC=[SiH]1. The highest BCUT2D eigenvalue weighted by Gasteiger charge is 1.82. The van der Waals surface area contributed by atoms with Crippen molar-refractivity contribution in [3.05, 3.63) is 12.3 Å². The zero-order valence-electron chi connectivity index (χ0n) is 3.29. The van der Waals surface area contributed by atoms with E-state index in [0.717, 1.165) is 0 Å². The van der Waals surface area contributed by atoms with E-state index in [1.165, 1.54) is 0 Å². The van der Waals surface area contributed by atoms with Crippen LogP contribution in [-0.4, -0.2) is 21.7 Å². The van der Waals surface area contributed by atoms with Crippen LogP contribution in [-0.2, 0) is 4.65 Å². The van der Waals surface area contributed by atoms with Crippen molar-refractivity contribution in [3.63, 3.8) is 0 Å². The zero-order chi connectivity index (χ0) is 4.24. The average molecular weight is 95.0 g/mol. The van der Waals surface area contributed by atoms with Crippen molar-refractivity contribution in [2.45, 2.75) is 0 Å². The highest BCUT2D eigenvalue weighted by atomic mass is 28.2. The summed E-state index contributed by atoms with van der Waals surface area (Å²) in [6, 6.07) is 0. The number of rotatable bonds is 0. The van der Waals surface area contributed by atoms with Crippen LogP contribution in [0.3, 0.4) is 0 Å². The van der Waals surface area contributed by atoms with Crippen LogP contribution in [0.1, 0.15) is 0 Å². The van der Waals surface area contributed by atoms with Crippen molar-refractivity contribution in [2.24, 2.45) is 0 Å². The third kappa shape index (κ3) is 0.826. The van der Waals surface area contributed by atoms with Gasteiger partial charge in [-0.3, -0.25) is 0 Å². The zero-order valence-corrected chi connectivity index (χ0v) is 4.45. The summed E-state index contributed by atoms with van der Waals surface area (Å²) in [5.74, 6) is 0. The van der Waals surface area contributed by atoms with Crippen molar-refractivity contribution in [1.82, 2.24) is 0 Å². The summed E-state index contributed by atoms with van der Waals surface area (Å²) < 4.78 is 4.77. The first-order valence-corrected chi connectivity index (χ1v) is 3.14. The molecule has 1 aliphatic heterocycles. The molecule has 0 unspecified atom stereocenters. The van der Waals surface area contributed by atoms with Gasteiger partial charge in [-0.25, -0.2) is 0 Å². The number of hydrogen-bond acceptors (Lipinski definition) is 1. The normalized spacial score (nSPS) is 16.0. The third-order valence-corrected chi connectivity index (χ3v) is 1.30. The van der Waals surface area contributed by atoms with Gasteiger partial charge in [-0.15, -0.1) is 0 Å². The van der Waals surface area contributed by atoms with Gasteiger partial charge in [0.1, 0.15) is 0 Å². The Labute approximate surface area is 39.7 Å². The summed E-state index contributed by atoms with van der Waals surface area (Å²) in [7, 11) is 2.18. The predicted octanol–water partition coefficient (Wildman–Crippen LogP) is -0.697. The van der Waals surface area contributed by atoms with Crippen molar-refractivity contribution in [2.75, 3.05) is 0 Å². The van der Waals surface area contributed by atoms with Crippen LogP contribution in [0.2, 0.25) is 0 Å². The fourth-order valence-corrected chi connectivity index (χ4v) is 0.782. The van der Waals surface area contributed by atoms with Gasteiger partial charge in [-0.2, -0.15) is 0 Å². The highest BCUT2D eigenvalue weighted by molar-refractivity contribution is 7.00. The summed E-state index contributed by atoms with van der Waals surface area (Å²) in [5, 5.41) is 0. The topological polar surface area (TPSA) is 9.23 Å². The van der Waals surface area contributed by atoms with E-state index >= 15 is 0 Å². The van der Waals surface area contributed by atoms with Crippen LogP contribution in [0, 0.1) is 0 Å². The minimum atomic E-state index is 0.346. The van der Waals surface area contributed by atoms with Crippen molar-refractivity contribution in [3.8, 4) is 0 Å². The van der Waals surface area contributed by atoms with E-state index < -0.39 is 0 Å². The molecule has 0 aliphatic carbocycles. The molecule has 0 saturated heterocycles. The standard InChI is InChI=1S/C3H4BOSi/c1-2-5-4-6-3-1/h1-3,6H. The van der Waals surface area contributed by atoms with Crippen LogP contribution in [0.25, 0.3) is 0 Å². The molecular formula is C3H4BOSi. The molecule has 1 rings (SSSR count). The molecule has 0 aromatic heterocycles. The molecular weight excluding hydrogens is 90.9 g/mol. The fraction of sp³-hybridized carbons (Fsp3) is 0. The van der Waals surface area contributed by atoms with E-state index in [1.807, 2.05) is 13.2 Å². The monoisotopic (exact) mass is 95.0 g/mol. The van der Waals surface area contributed by atoms with E-state index in [4.69, 9.17) is 4.65 Å². The highest BCUT2D eigenvalue weighted by Crippen LogP contribution is 1.72. The summed E-state index contributed by atoms with van der Waals surface area (Å²) in [5.41, 5.74) is 2.11. The second-order valence-corrected chi connectivity index (χ2v) is 2.03. The molecule has 1 aliphatic rings. The molecule has 6 heavy (non-hydrogen) atoms. The molecule has 0 N–H and O–H groups in total. The lowest BCUT2D eigenvalue weighted by atomic mass is 10.5. The summed E-state index contributed by atoms with van der Waals surface area (Å²) in [6.07, 6.45) is 3.60. The molecule has 0 aromatic carbocycles. The average Bonchev–Trinajstić information content (AvgIpc) is 1.72. The maximum absolute atomic E-state index is 4.77. The lowest BCUT2D eigenvalue weighted by Crippen LogP contribution is -2.02. The smallest absolute Gasteiger partial charge is 0.367 e. The van der Waals surface area contributed by atoms with Crippen LogP contribution in [0.5, 0.6) is 0 Å². The molecule has 0 saturated carbocycles. The maximum atomic E-state index is 4.77. The predicted molar refractivity (Wildman–Crippen MR) is 29.2 cm³/mol. The van der Waals surface area contributed by atoms with Crippen molar-refractivity contribution >= 4 is 21.7 Å². The molecule has 0 bridgehead atoms. The van der Waals surface area contributed by atoms with E-state index in [2.05, 4.69) is 5.67 Å². The lowest BCUT2D eigenvalue weighted by Gasteiger charge is -1.92. The molecule has 3 heteroatoms. The second kappa shape index (κ2) is 1.97. The molecule has 0 fully saturated rings. The molecule has 1 radical (unpaired) electrons. The van der Waals surface area contributed by atoms with Gasteiger partial charge >= 0.3 is 7.07 Å². The quantitative estimate of drug-likeness (QED) is 0.361. The fourth-order valence-electron chi connectivity index (χ4n) is 0.291. The third-order valence-electron chi connectivity index (χ3n) is 0.536. The molecule has 1 nitrogen and oxygen atoms in total. The van der Waals surface area contributed by atoms with Crippen molar-refractivity contribution < 1.29 is 4.65 Å². The summed E-state index contributed by atoms with van der Waals surface area (Å²) in [4.78, 5) is 0. The molecule has 29 valence electrons. The van der Waals surface area contributed by atoms with E-state index in [9.17, 15) is 0 Å². The van der Waals surface area contributed by atoms with Crippen molar-refractivity contribution in [1.29, 1.82) is 0 Å². The molecule has 0 aromatic rings. The van der Waals surface area contributed by atoms with E-state index in [0.29, 0.717) is 9.00 Å². The molecule has 1 heterocycles. The van der Waals surface area contributed by atoms with Crippen LogP contribution < -0.4 is 0 Å². The van der Waals surface area contributed by atoms with Crippen LogP contribution in [0.15, 0.2) is 12.3 Å². The van der Waals surface area contributed by atoms with Crippen LogP contribution >= 0.6 is 0 Å². The minimum absolute atomic E-state index is 0.346. The molecule has 0 atom stereocenters. The Morgan fingerprint density at radius 1 is 1.67 bits per heavy atom. The van der Waals surface area contributed by atoms with Gasteiger partial charge in [0.25, 0.3) is 0 Å². The lowest BCUT2D eigenvalue weighted by molar-refractivity contribution is 0.529. The largest absolute Gasteiger partial charge is 0.568 e. The number of allylic oxidation sites excluding steroid dienone is 1. The Kier molecular flexibility index (Phi) is 1.27. The van der Waals surface area contributed by atoms with Gasteiger partial charge < -0.3 is 4.65 Å².